The highest BCUT2D eigenvalue weighted by molar-refractivity contribution is 5.77. The van der Waals surface area contributed by atoms with Gasteiger partial charge in [0.05, 0.1) is 35.2 Å². The van der Waals surface area contributed by atoms with Crippen LogP contribution in [0.25, 0.3) is 16.6 Å². The van der Waals surface area contributed by atoms with Crippen LogP contribution < -0.4 is 10.5 Å². The minimum absolute atomic E-state index is 0.199. The van der Waals surface area contributed by atoms with Gasteiger partial charge in [0.1, 0.15) is 6.54 Å². The lowest BCUT2D eigenvalue weighted by atomic mass is 10.1. The summed E-state index contributed by atoms with van der Waals surface area (Å²) in [6, 6.07) is 11.9. The number of alkyl halides is 3. The van der Waals surface area contributed by atoms with Crippen molar-refractivity contribution in [3.63, 3.8) is 0 Å². The monoisotopic (exact) mass is 388 g/mol. The molecule has 0 saturated carbocycles. The minimum atomic E-state index is -4.47. The SMILES string of the molecule is O=c1c2ccccc2nc(C[NH+]2CCCCC2)n1-c1cccc(C(F)(F)F)c1. The van der Waals surface area contributed by atoms with E-state index >= 15 is 0 Å². The molecule has 1 fully saturated rings. The van der Waals surface area contributed by atoms with E-state index in [1.54, 1.807) is 24.3 Å². The van der Waals surface area contributed by atoms with Crippen LogP contribution in [-0.4, -0.2) is 22.6 Å². The molecule has 0 radical (unpaired) electrons. The van der Waals surface area contributed by atoms with E-state index in [1.165, 1.54) is 28.0 Å². The lowest BCUT2D eigenvalue weighted by molar-refractivity contribution is -0.919. The normalized spacial score (nSPS) is 15.8. The molecule has 0 spiro atoms. The Balaban J connectivity index is 1.89. The van der Waals surface area contributed by atoms with Crippen LogP contribution in [0.1, 0.15) is 30.7 Å². The molecule has 2 aromatic carbocycles. The maximum Gasteiger partial charge on any atom is 0.416 e. The summed E-state index contributed by atoms with van der Waals surface area (Å²) >= 11 is 0. The largest absolute Gasteiger partial charge is 0.416 e. The van der Waals surface area contributed by atoms with E-state index in [0.717, 1.165) is 38.1 Å². The van der Waals surface area contributed by atoms with Crippen molar-refractivity contribution in [1.82, 2.24) is 9.55 Å². The highest BCUT2D eigenvalue weighted by Crippen LogP contribution is 2.30. The number of aromatic nitrogens is 2. The van der Waals surface area contributed by atoms with Crippen molar-refractivity contribution in [2.24, 2.45) is 0 Å². The Bertz CT molecular complexity index is 1050. The number of quaternary nitrogens is 1. The predicted molar refractivity (Wildman–Crippen MR) is 101 cm³/mol. The van der Waals surface area contributed by atoms with Gasteiger partial charge in [0, 0.05) is 0 Å². The van der Waals surface area contributed by atoms with Crippen LogP contribution in [0, 0.1) is 0 Å². The molecule has 1 aliphatic rings. The Hall–Kier alpha value is -2.67. The average molecular weight is 388 g/mol. The molecule has 28 heavy (non-hydrogen) atoms. The Morgan fingerprint density at radius 2 is 1.75 bits per heavy atom. The third-order valence-corrected chi connectivity index (χ3v) is 5.25. The molecular weight excluding hydrogens is 367 g/mol. The number of para-hydroxylation sites is 1. The smallest absolute Gasteiger partial charge is 0.329 e. The third kappa shape index (κ3) is 3.67. The van der Waals surface area contributed by atoms with Gasteiger partial charge < -0.3 is 4.90 Å². The third-order valence-electron chi connectivity index (χ3n) is 5.25. The maximum atomic E-state index is 13.2. The Morgan fingerprint density at radius 1 is 1.00 bits per heavy atom. The van der Waals surface area contributed by atoms with E-state index in [-0.39, 0.29) is 11.2 Å². The number of fused-ring (bicyclic) bond motifs is 1. The van der Waals surface area contributed by atoms with Crippen molar-refractivity contribution in [2.75, 3.05) is 13.1 Å². The number of hydrogen-bond donors (Lipinski definition) is 1. The quantitative estimate of drug-likeness (QED) is 0.749. The molecule has 146 valence electrons. The number of piperidine rings is 1. The lowest BCUT2D eigenvalue weighted by Crippen LogP contribution is -3.11. The highest BCUT2D eigenvalue weighted by atomic mass is 19.4. The van der Waals surface area contributed by atoms with Gasteiger partial charge in [-0.1, -0.05) is 18.2 Å². The van der Waals surface area contributed by atoms with Gasteiger partial charge >= 0.3 is 6.18 Å². The predicted octanol–water partition coefficient (Wildman–Crippen LogP) is 2.97. The molecule has 1 N–H and O–H groups in total. The molecule has 3 aromatic rings. The number of benzene rings is 2. The molecule has 4 rings (SSSR count). The molecule has 1 aliphatic heterocycles. The lowest BCUT2D eigenvalue weighted by Gasteiger charge is -2.24. The van der Waals surface area contributed by atoms with E-state index in [2.05, 4.69) is 4.98 Å². The number of halogens is 3. The molecule has 0 unspecified atom stereocenters. The van der Waals surface area contributed by atoms with E-state index in [1.807, 2.05) is 0 Å². The number of hydrogen-bond acceptors (Lipinski definition) is 2. The first-order valence-corrected chi connectivity index (χ1v) is 9.45. The van der Waals surface area contributed by atoms with Crippen LogP contribution in [-0.2, 0) is 12.7 Å². The van der Waals surface area contributed by atoms with Gasteiger partial charge in [0.2, 0.25) is 0 Å². The second kappa shape index (κ2) is 7.39. The van der Waals surface area contributed by atoms with Gasteiger partial charge in [-0.25, -0.2) is 4.98 Å². The Labute approximate surface area is 160 Å². The van der Waals surface area contributed by atoms with Crippen LogP contribution in [0.15, 0.2) is 53.3 Å². The summed E-state index contributed by atoms with van der Waals surface area (Å²) in [5.74, 6) is 0.500. The van der Waals surface area contributed by atoms with Gasteiger partial charge in [-0.05, 0) is 49.6 Å². The zero-order valence-corrected chi connectivity index (χ0v) is 15.3. The second-order valence-corrected chi connectivity index (χ2v) is 7.22. The standard InChI is InChI=1S/C21H20F3N3O/c22-21(23,24)15-7-6-8-16(13-15)27-19(14-26-11-4-1-5-12-26)25-18-10-3-2-9-17(18)20(27)28/h2-3,6-10,13H,1,4-5,11-12,14H2/p+1. The van der Waals surface area contributed by atoms with Crippen LogP contribution in [0.5, 0.6) is 0 Å². The molecule has 4 nitrogen and oxygen atoms in total. The molecule has 2 heterocycles. The van der Waals surface area contributed by atoms with Gasteiger partial charge in [0.25, 0.3) is 5.56 Å². The summed E-state index contributed by atoms with van der Waals surface area (Å²) in [4.78, 5) is 19.1. The minimum Gasteiger partial charge on any atom is -0.329 e. The van der Waals surface area contributed by atoms with Crippen molar-refractivity contribution >= 4 is 10.9 Å². The zero-order chi connectivity index (χ0) is 19.7. The maximum absolute atomic E-state index is 13.2. The summed E-state index contributed by atoms with van der Waals surface area (Å²) in [5, 5.41) is 0.400. The second-order valence-electron chi connectivity index (χ2n) is 7.22. The van der Waals surface area contributed by atoms with Crippen molar-refractivity contribution in [1.29, 1.82) is 0 Å². The van der Waals surface area contributed by atoms with Gasteiger partial charge in [0.15, 0.2) is 5.82 Å². The molecule has 0 amide bonds. The van der Waals surface area contributed by atoms with Gasteiger partial charge in [-0.15, -0.1) is 0 Å². The topological polar surface area (TPSA) is 39.3 Å². The number of likely N-dealkylation sites (tertiary alicyclic amines) is 1. The van der Waals surface area contributed by atoms with Crippen LogP contribution in [0.4, 0.5) is 13.2 Å². The Morgan fingerprint density at radius 3 is 2.50 bits per heavy atom. The fourth-order valence-corrected chi connectivity index (χ4v) is 3.84. The number of nitrogens with one attached hydrogen (secondary N) is 1. The van der Waals surface area contributed by atoms with Crippen LogP contribution in [0.3, 0.4) is 0 Å². The van der Waals surface area contributed by atoms with Crippen LogP contribution >= 0.6 is 0 Å². The van der Waals surface area contributed by atoms with Gasteiger partial charge in [-0.2, -0.15) is 13.2 Å². The first-order chi connectivity index (χ1) is 13.4. The Kier molecular flexibility index (Phi) is 4.93. The van der Waals surface area contributed by atoms with E-state index in [4.69, 9.17) is 0 Å². The molecule has 1 aromatic heterocycles. The molecule has 0 atom stereocenters. The van der Waals surface area contributed by atoms with Crippen molar-refractivity contribution < 1.29 is 18.1 Å². The van der Waals surface area contributed by atoms with Gasteiger partial charge in [-0.3, -0.25) is 9.36 Å². The molecule has 7 heteroatoms. The molecule has 1 saturated heterocycles. The molecule has 0 aliphatic carbocycles. The summed E-state index contributed by atoms with van der Waals surface area (Å²) in [6.45, 7) is 2.47. The number of rotatable bonds is 3. The fourth-order valence-electron chi connectivity index (χ4n) is 3.84. The van der Waals surface area contributed by atoms with Crippen LogP contribution in [0.2, 0.25) is 0 Å². The van der Waals surface area contributed by atoms with Crippen molar-refractivity contribution in [2.45, 2.75) is 32.0 Å². The van der Waals surface area contributed by atoms with E-state index in [9.17, 15) is 18.0 Å². The summed E-state index contributed by atoms with van der Waals surface area (Å²) in [5.41, 5.74) is -0.343. The first-order valence-electron chi connectivity index (χ1n) is 9.45. The first kappa shape index (κ1) is 18.7. The zero-order valence-electron chi connectivity index (χ0n) is 15.3. The number of nitrogens with zero attached hydrogens (tertiary/aromatic N) is 2. The summed E-state index contributed by atoms with van der Waals surface area (Å²) in [6.07, 6.45) is -1.06. The van der Waals surface area contributed by atoms with Crippen molar-refractivity contribution in [3.8, 4) is 5.69 Å². The summed E-state index contributed by atoms with van der Waals surface area (Å²) in [7, 11) is 0. The molecule has 0 bridgehead atoms. The average Bonchev–Trinajstić information content (AvgIpc) is 2.68. The summed E-state index contributed by atoms with van der Waals surface area (Å²) < 4.78 is 41.0. The van der Waals surface area contributed by atoms with E-state index in [0.29, 0.717) is 23.3 Å². The molecular formula is C21H21F3N3O+. The van der Waals surface area contributed by atoms with Crippen molar-refractivity contribution in [3.05, 3.63) is 70.3 Å². The van der Waals surface area contributed by atoms with E-state index < -0.39 is 11.7 Å². The highest BCUT2D eigenvalue weighted by Gasteiger charge is 2.31. The fraction of sp³-hybridized carbons (Fsp3) is 0.333.